The van der Waals surface area contributed by atoms with Crippen LogP contribution in [-0.2, 0) is 9.47 Å². The molecule has 2 N–H and O–H groups in total. The lowest BCUT2D eigenvalue weighted by Gasteiger charge is -2.25. The van der Waals surface area contributed by atoms with E-state index in [0.717, 1.165) is 19.4 Å². The topological polar surface area (TPSA) is 59.6 Å². The maximum Gasteiger partial charge on any atom is 0.407 e. The Morgan fingerprint density at radius 1 is 1.23 bits per heavy atom. The van der Waals surface area contributed by atoms with Crippen molar-refractivity contribution in [1.29, 1.82) is 0 Å². The third kappa shape index (κ3) is 7.45. The van der Waals surface area contributed by atoms with E-state index in [0.29, 0.717) is 30.5 Å². The van der Waals surface area contributed by atoms with Gasteiger partial charge in [0.05, 0.1) is 6.10 Å². The first-order valence-electron chi connectivity index (χ1n) is 8.44. The molecule has 3 atom stereocenters. The van der Waals surface area contributed by atoms with Crippen LogP contribution in [0.25, 0.3) is 0 Å². The zero-order valence-corrected chi connectivity index (χ0v) is 15.1. The predicted octanol–water partition coefficient (Wildman–Crippen LogP) is 2.94. The maximum absolute atomic E-state index is 11.8. The van der Waals surface area contributed by atoms with Gasteiger partial charge in [-0.2, -0.15) is 0 Å². The molecule has 130 valence electrons. The Morgan fingerprint density at radius 3 is 2.41 bits per heavy atom. The van der Waals surface area contributed by atoms with Gasteiger partial charge < -0.3 is 20.1 Å². The molecule has 3 unspecified atom stereocenters. The number of amides is 1. The zero-order valence-electron chi connectivity index (χ0n) is 15.1. The minimum Gasteiger partial charge on any atom is -0.444 e. The number of alkyl carbamates (subject to hydrolysis) is 1. The van der Waals surface area contributed by atoms with Crippen LogP contribution in [0, 0.1) is 11.8 Å². The van der Waals surface area contributed by atoms with E-state index in [4.69, 9.17) is 9.47 Å². The van der Waals surface area contributed by atoms with Gasteiger partial charge in [0.25, 0.3) is 0 Å². The van der Waals surface area contributed by atoms with Crippen LogP contribution in [0.3, 0.4) is 0 Å². The number of methoxy groups -OCH3 is 1. The average molecular weight is 314 g/mol. The molecule has 1 rings (SSSR count). The molecule has 1 aliphatic rings. The maximum atomic E-state index is 11.8. The zero-order chi connectivity index (χ0) is 16.8. The number of hydrogen-bond acceptors (Lipinski definition) is 4. The van der Waals surface area contributed by atoms with Crippen molar-refractivity contribution in [2.45, 2.75) is 71.6 Å². The molecule has 5 nitrogen and oxygen atoms in total. The van der Waals surface area contributed by atoms with Crippen LogP contribution in [0.2, 0.25) is 0 Å². The van der Waals surface area contributed by atoms with Crippen LogP contribution in [0.1, 0.15) is 53.9 Å². The Bertz CT molecular complexity index is 339. The van der Waals surface area contributed by atoms with Gasteiger partial charge in [0.15, 0.2) is 0 Å². The van der Waals surface area contributed by atoms with Crippen LogP contribution in [-0.4, -0.2) is 44.0 Å². The molecule has 0 aromatic heterocycles. The van der Waals surface area contributed by atoms with Crippen LogP contribution in [0.5, 0.6) is 0 Å². The summed E-state index contributed by atoms with van der Waals surface area (Å²) in [6.07, 6.45) is 3.45. The van der Waals surface area contributed by atoms with Gasteiger partial charge in [-0.25, -0.2) is 4.79 Å². The van der Waals surface area contributed by atoms with E-state index in [2.05, 4.69) is 24.5 Å². The van der Waals surface area contributed by atoms with E-state index in [9.17, 15) is 4.79 Å². The van der Waals surface area contributed by atoms with E-state index in [1.165, 1.54) is 6.42 Å². The second-order valence-electron chi connectivity index (χ2n) is 7.66. The van der Waals surface area contributed by atoms with E-state index in [1.807, 2.05) is 20.8 Å². The van der Waals surface area contributed by atoms with Crippen LogP contribution < -0.4 is 10.6 Å². The molecule has 0 aromatic carbocycles. The molecule has 0 spiro atoms. The summed E-state index contributed by atoms with van der Waals surface area (Å²) in [7, 11) is 1.79. The Kier molecular flexibility index (Phi) is 7.63. The van der Waals surface area contributed by atoms with Crippen molar-refractivity contribution >= 4 is 6.09 Å². The summed E-state index contributed by atoms with van der Waals surface area (Å²) in [5.41, 5.74) is -0.450. The van der Waals surface area contributed by atoms with Gasteiger partial charge in [-0.05, 0) is 51.9 Å². The number of hydrogen-bond donors (Lipinski definition) is 2. The fourth-order valence-corrected chi connectivity index (χ4v) is 2.73. The fraction of sp³-hybridized carbons (Fsp3) is 0.941. The summed E-state index contributed by atoms with van der Waals surface area (Å²) >= 11 is 0. The van der Waals surface area contributed by atoms with Crippen LogP contribution >= 0.6 is 0 Å². The largest absolute Gasteiger partial charge is 0.444 e. The molecule has 1 aliphatic carbocycles. The first kappa shape index (κ1) is 19.2. The van der Waals surface area contributed by atoms with E-state index < -0.39 is 5.60 Å². The molecule has 0 aromatic rings. The molecule has 1 amide bonds. The molecular weight excluding hydrogens is 280 g/mol. The minimum atomic E-state index is -0.450. The van der Waals surface area contributed by atoms with Gasteiger partial charge in [0, 0.05) is 26.2 Å². The van der Waals surface area contributed by atoms with Crippen molar-refractivity contribution in [3.8, 4) is 0 Å². The highest BCUT2D eigenvalue weighted by atomic mass is 16.6. The van der Waals surface area contributed by atoms with Gasteiger partial charge in [-0.15, -0.1) is 0 Å². The van der Waals surface area contributed by atoms with Crippen molar-refractivity contribution in [3.05, 3.63) is 0 Å². The highest BCUT2D eigenvalue weighted by Crippen LogP contribution is 2.22. The van der Waals surface area contributed by atoms with Crippen molar-refractivity contribution in [2.24, 2.45) is 11.8 Å². The Morgan fingerprint density at radius 2 is 1.91 bits per heavy atom. The molecular formula is C17H34N2O3. The minimum absolute atomic E-state index is 0.335. The summed E-state index contributed by atoms with van der Waals surface area (Å²) in [4.78, 5) is 11.8. The number of carbonyl (C=O) groups excluding carboxylic acids is 1. The molecule has 1 fully saturated rings. The van der Waals surface area contributed by atoms with Gasteiger partial charge >= 0.3 is 6.09 Å². The van der Waals surface area contributed by atoms with Crippen molar-refractivity contribution in [3.63, 3.8) is 0 Å². The van der Waals surface area contributed by atoms with E-state index >= 15 is 0 Å². The van der Waals surface area contributed by atoms with E-state index in [1.54, 1.807) is 7.11 Å². The van der Waals surface area contributed by atoms with Crippen LogP contribution in [0.15, 0.2) is 0 Å². The predicted molar refractivity (Wildman–Crippen MR) is 89.0 cm³/mol. The lowest BCUT2D eigenvalue weighted by Crippen LogP contribution is -2.41. The first-order chi connectivity index (χ1) is 10.2. The SMILES string of the molecule is COC1CCC(NCC(CNC(=O)OC(C)(C)C)C(C)C)C1. The lowest BCUT2D eigenvalue weighted by atomic mass is 9.95. The molecule has 0 radical (unpaired) electrons. The summed E-state index contributed by atoms with van der Waals surface area (Å²) in [6, 6.07) is 0.535. The van der Waals surface area contributed by atoms with Gasteiger partial charge in [-0.1, -0.05) is 13.8 Å². The molecule has 5 heteroatoms. The molecule has 0 aliphatic heterocycles. The Labute approximate surface area is 135 Å². The fourth-order valence-electron chi connectivity index (χ4n) is 2.73. The quantitative estimate of drug-likeness (QED) is 0.758. The summed E-state index contributed by atoms with van der Waals surface area (Å²) in [5, 5.41) is 6.52. The molecule has 0 bridgehead atoms. The molecule has 1 saturated carbocycles. The molecule has 0 saturated heterocycles. The van der Waals surface area contributed by atoms with E-state index in [-0.39, 0.29) is 6.09 Å². The second kappa shape index (κ2) is 8.73. The number of carbonyl (C=O) groups is 1. The van der Waals surface area contributed by atoms with Crippen molar-refractivity contribution in [2.75, 3.05) is 20.2 Å². The number of ether oxygens (including phenoxy) is 2. The highest BCUT2D eigenvalue weighted by molar-refractivity contribution is 5.67. The smallest absolute Gasteiger partial charge is 0.407 e. The van der Waals surface area contributed by atoms with Crippen molar-refractivity contribution in [1.82, 2.24) is 10.6 Å². The average Bonchev–Trinajstić information content (AvgIpc) is 2.84. The van der Waals surface area contributed by atoms with Gasteiger partial charge in [0.2, 0.25) is 0 Å². The molecule has 0 heterocycles. The van der Waals surface area contributed by atoms with Gasteiger partial charge in [-0.3, -0.25) is 0 Å². The monoisotopic (exact) mass is 314 g/mol. The summed E-state index contributed by atoms with van der Waals surface area (Å²) in [5.74, 6) is 0.899. The second-order valence-corrected chi connectivity index (χ2v) is 7.66. The van der Waals surface area contributed by atoms with Crippen molar-refractivity contribution < 1.29 is 14.3 Å². The summed E-state index contributed by atoms with van der Waals surface area (Å²) < 4.78 is 10.7. The van der Waals surface area contributed by atoms with Crippen LogP contribution in [0.4, 0.5) is 4.79 Å². The number of nitrogens with one attached hydrogen (secondary N) is 2. The number of rotatable bonds is 7. The van der Waals surface area contributed by atoms with Gasteiger partial charge in [0.1, 0.15) is 5.60 Å². The highest BCUT2D eigenvalue weighted by Gasteiger charge is 2.25. The normalized spacial score (nSPS) is 23.6. The third-order valence-electron chi connectivity index (χ3n) is 4.24. The molecule has 22 heavy (non-hydrogen) atoms. The third-order valence-corrected chi connectivity index (χ3v) is 4.24. The first-order valence-corrected chi connectivity index (χ1v) is 8.44. The summed E-state index contributed by atoms with van der Waals surface area (Å²) in [6.45, 7) is 11.6. The lowest BCUT2D eigenvalue weighted by molar-refractivity contribution is 0.0514. The Balaban J connectivity index is 2.32. The standard InChI is InChI=1S/C17H34N2O3/c1-12(2)13(11-19-16(20)22-17(3,4)5)10-18-14-7-8-15(9-14)21-6/h12-15,18H,7-11H2,1-6H3,(H,19,20). The Hall–Kier alpha value is -0.810.